The molecule has 0 aliphatic carbocycles. The molecule has 1 N–H and O–H groups in total. The third kappa shape index (κ3) is 3.63. The highest BCUT2D eigenvalue weighted by atomic mass is 79.9. The lowest BCUT2D eigenvalue weighted by atomic mass is 10.3. The highest BCUT2D eigenvalue weighted by molar-refractivity contribution is 9.11. The molecule has 102 valence electrons. The highest BCUT2D eigenvalue weighted by Gasteiger charge is 2.12. The Morgan fingerprint density at radius 3 is 2.95 bits per heavy atom. The van der Waals surface area contributed by atoms with Crippen molar-refractivity contribution in [1.82, 2.24) is 9.97 Å². The molecule has 2 rings (SSSR count). The number of thiophene rings is 1. The maximum absolute atomic E-state index is 13.8. The number of nitrogens with zero attached hydrogens (tertiary/aromatic N) is 3. The van der Waals surface area contributed by atoms with Crippen LogP contribution in [0.5, 0.6) is 0 Å². The number of nitrogens with one attached hydrogen (secondary N) is 1. The maximum Gasteiger partial charge on any atom is 0.224 e. The van der Waals surface area contributed by atoms with Gasteiger partial charge in [-0.15, -0.1) is 11.3 Å². The van der Waals surface area contributed by atoms with Crippen molar-refractivity contribution >= 4 is 39.0 Å². The van der Waals surface area contributed by atoms with Crippen molar-refractivity contribution in [2.75, 3.05) is 23.8 Å². The van der Waals surface area contributed by atoms with E-state index < -0.39 is 5.82 Å². The summed E-state index contributed by atoms with van der Waals surface area (Å²) in [5, 5.41) is 5.01. The fraction of sp³-hybridized carbons (Fsp3) is 0.333. The molecule has 0 saturated heterocycles. The minimum absolute atomic E-state index is 0.299. The normalized spacial score (nSPS) is 10.5. The van der Waals surface area contributed by atoms with Crippen LogP contribution in [0.15, 0.2) is 21.4 Å². The van der Waals surface area contributed by atoms with Crippen LogP contribution < -0.4 is 10.2 Å². The average Bonchev–Trinajstić information content (AvgIpc) is 2.77. The lowest BCUT2D eigenvalue weighted by Crippen LogP contribution is -2.20. The summed E-state index contributed by atoms with van der Waals surface area (Å²) in [6, 6.07) is 2.02. The molecule has 0 bridgehead atoms. The summed E-state index contributed by atoms with van der Waals surface area (Å²) >= 11 is 5.02. The van der Waals surface area contributed by atoms with Crippen LogP contribution in [0.1, 0.15) is 12.5 Å². The molecule has 0 unspecified atom stereocenters. The summed E-state index contributed by atoms with van der Waals surface area (Å²) in [5.41, 5.74) is 1.11. The van der Waals surface area contributed by atoms with Gasteiger partial charge in [0.1, 0.15) is 0 Å². The fourth-order valence-electron chi connectivity index (χ4n) is 1.65. The molecular formula is C12H14BrFN4S. The first-order chi connectivity index (χ1) is 9.10. The second-order valence-corrected chi connectivity index (χ2v) is 6.30. The molecular weight excluding hydrogens is 331 g/mol. The van der Waals surface area contributed by atoms with Crippen molar-refractivity contribution in [3.05, 3.63) is 32.8 Å². The number of rotatable bonds is 5. The Morgan fingerprint density at radius 2 is 2.32 bits per heavy atom. The Morgan fingerprint density at radius 1 is 1.53 bits per heavy atom. The van der Waals surface area contributed by atoms with Gasteiger partial charge in [0.15, 0.2) is 11.6 Å². The van der Waals surface area contributed by atoms with E-state index in [4.69, 9.17) is 0 Å². The zero-order chi connectivity index (χ0) is 13.8. The van der Waals surface area contributed by atoms with E-state index in [1.165, 1.54) is 6.20 Å². The zero-order valence-corrected chi connectivity index (χ0v) is 13.1. The summed E-state index contributed by atoms with van der Waals surface area (Å²) in [6.07, 6.45) is 1.19. The number of hydrogen-bond acceptors (Lipinski definition) is 5. The Bertz CT molecular complexity index is 560. The molecule has 2 aromatic rings. The van der Waals surface area contributed by atoms with Crippen LogP contribution in [-0.4, -0.2) is 23.6 Å². The molecule has 0 spiro atoms. The predicted octanol–water partition coefficient (Wildman–Crippen LogP) is 3.51. The van der Waals surface area contributed by atoms with Gasteiger partial charge in [0.05, 0.1) is 9.98 Å². The smallest absolute Gasteiger partial charge is 0.224 e. The van der Waals surface area contributed by atoms with Crippen LogP contribution in [0, 0.1) is 5.82 Å². The highest BCUT2D eigenvalue weighted by Crippen LogP contribution is 2.24. The summed E-state index contributed by atoms with van der Waals surface area (Å²) in [6.45, 7) is 3.24. The van der Waals surface area contributed by atoms with Crippen LogP contribution in [0.4, 0.5) is 16.2 Å². The minimum atomic E-state index is -0.418. The fourth-order valence-corrected chi connectivity index (χ4v) is 2.85. The topological polar surface area (TPSA) is 41.1 Å². The largest absolute Gasteiger partial charge is 0.354 e. The van der Waals surface area contributed by atoms with Crippen LogP contribution in [-0.2, 0) is 6.54 Å². The molecule has 0 fully saturated rings. The molecule has 19 heavy (non-hydrogen) atoms. The van der Waals surface area contributed by atoms with Crippen molar-refractivity contribution in [2.24, 2.45) is 0 Å². The average molecular weight is 345 g/mol. The van der Waals surface area contributed by atoms with Crippen molar-refractivity contribution in [3.63, 3.8) is 0 Å². The van der Waals surface area contributed by atoms with Gasteiger partial charge in [-0.2, -0.15) is 4.98 Å². The SMILES string of the molecule is CCNc1ncc(F)c(N(C)Cc2csc(Br)c2)n1. The first kappa shape index (κ1) is 14.2. The minimum Gasteiger partial charge on any atom is -0.354 e. The third-order valence-corrected chi connectivity index (χ3v) is 4.02. The molecule has 0 saturated carbocycles. The van der Waals surface area contributed by atoms with E-state index in [1.807, 2.05) is 25.4 Å². The molecule has 0 aromatic carbocycles. The second kappa shape index (κ2) is 6.29. The first-order valence-electron chi connectivity index (χ1n) is 5.80. The quantitative estimate of drug-likeness (QED) is 0.901. The lowest BCUT2D eigenvalue weighted by molar-refractivity contribution is 0.607. The molecule has 0 amide bonds. The molecule has 4 nitrogen and oxygen atoms in total. The van der Waals surface area contributed by atoms with Crippen molar-refractivity contribution in [3.8, 4) is 0 Å². The molecule has 2 heterocycles. The Hall–Kier alpha value is -1.21. The van der Waals surface area contributed by atoms with E-state index in [-0.39, 0.29) is 0 Å². The third-order valence-electron chi connectivity index (χ3n) is 2.46. The van der Waals surface area contributed by atoms with Gasteiger partial charge in [-0.25, -0.2) is 9.37 Å². The maximum atomic E-state index is 13.8. The summed E-state index contributed by atoms with van der Waals surface area (Å²) in [7, 11) is 1.81. The van der Waals surface area contributed by atoms with E-state index in [9.17, 15) is 4.39 Å². The number of hydrogen-bond donors (Lipinski definition) is 1. The van der Waals surface area contributed by atoms with Crippen LogP contribution in [0.3, 0.4) is 0 Å². The molecule has 2 aromatic heterocycles. The van der Waals surface area contributed by atoms with Crippen LogP contribution in [0.25, 0.3) is 0 Å². The molecule has 0 atom stereocenters. The van der Waals surface area contributed by atoms with Crippen LogP contribution >= 0.6 is 27.3 Å². The van der Waals surface area contributed by atoms with Gasteiger partial charge >= 0.3 is 0 Å². The van der Waals surface area contributed by atoms with Gasteiger partial charge in [0.2, 0.25) is 5.95 Å². The van der Waals surface area contributed by atoms with Gasteiger partial charge in [-0.3, -0.25) is 0 Å². The zero-order valence-electron chi connectivity index (χ0n) is 10.7. The Kier molecular flexibility index (Phi) is 4.71. The van der Waals surface area contributed by atoms with Gasteiger partial charge in [-0.1, -0.05) is 0 Å². The van der Waals surface area contributed by atoms with E-state index in [2.05, 4.69) is 31.2 Å². The Balaban J connectivity index is 2.17. The predicted molar refractivity (Wildman–Crippen MR) is 80.3 cm³/mol. The number of aromatic nitrogens is 2. The van der Waals surface area contributed by atoms with Crippen molar-refractivity contribution in [2.45, 2.75) is 13.5 Å². The Labute approximate surface area is 123 Å². The van der Waals surface area contributed by atoms with E-state index in [0.29, 0.717) is 24.9 Å². The molecule has 7 heteroatoms. The van der Waals surface area contributed by atoms with Gasteiger partial charge in [0, 0.05) is 20.1 Å². The van der Waals surface area contributed by atoms with Crippen molar-refractivity contribution < 1.29 is 4.39 Å². The van der Waals surface area contributed by atoms with E-state index >= 15 is 0 Å². The molecule has 0 aliphatic rings. The van der Waals surface area contributed by atoms with Crippen LogP contribution in [0.2, 0.25) is 0 Å². The molecule has 0 aliphatic heterocycles. The van der Waals surface area contributed by atoms with Gasteiger partial charge in [-0.05, 0) is 39.9 Å². The summed E-state index contributed by atoms with van der Waals surface area (Å²) in [4.78, 5) is 9.85. The van der Waals surface area contributed by atoms with Crippen molar-refractivity contribution in [1.29, 1.82) is 0 Å². The van der Waals surface area contributed by atoms with E-state index in [1.54, 1.807) is 16.2 Å². The van der Waals surface area contributed by atoms with Gasteiger partial charge in [0.25, 0.3) is 0 Å². The summed E-state index contributed by atoms with van der Waals surface area (Å²) in [5.74, 6) is 0.323. The standard InChI is InChI=1S/C12H14BrFN4S/c1-3-15-12-16-5-9(14)11(17-12)18(2)6-8-4-10(13)19-7-8/h4-5,7H,3,6H2,1-2H3,(H,15,16,17). The lowest BCUT2D eigenvalue weighted by Gasteiger charge is -2.18. The second-order valence-electron chi connectivity index (χ2n) is 4.01. The van der Waals surface area contributed by atoms with Gasteiger partial charge < -0.3 is 10.2 Å². The first-order valence-corrected chi connectivity index (χ1v) is 7.48. The molecule has 0 radical (unpaired) electrons. The van der Waals surface area contributed by atoms with E-state index in [0.717, 1.165) is 9.35 Å². The number of halogens is 2. The monoisotopic (exact) mass is 344 g/mol. The number of anilines is 2. The summed E-state index contributed by atoms with van der Waals surface area (Å²) < 4.78 is 14.8.